The summed E-state index contributed by atoms with van der Waals surface area (Å²) < 4.78 is 0. The Morgan fingerprint density at radius 1 is 1.17 bits per heavy atom. The van der Waals surface area contributed by atoms with Crippen LogP contribution in [-0.2, 0) is 0 Å². The van der Waals surface area contributed by atoms with Crippen molar-refractivity contribution < 1.29 is 9.90 Å². The second kappa shape index (κ2) is 4.30. The minimum atomic E-state index is -0.864. The minimum absolute atomic E-state index is 0. The van der Waals surface area contributed by atoms with E-state index in [2.05, 4.69) is 0 Å². The first-order chi connectivity index (χ1) is 5.09. The highest BCUT2D eigenvalue weighted by atomic mass is 27.0. The van der Waals surface area contributed by atoms with Gasteiger partial charge >= 0.3 is 5.97 Å². The third-order valence-corrected chi connectivity index (χ3v) is 1.47. The highest BCUT2D eigenvalue weighted by Gasteiger charge is 2.02. The van der Waals surface area contributed by atoms with Crippen molar-refractivity contribution in [1.82, 2.24) is 0 Å². The van der Waals surface area contributed by atoms with Crippen molar-refractivity contribution in [2.45, 2.75) is 13.8 Å². The van der Waals surface area contributed by atoms with Gasteiger partial charge in [-0.2, -0.15) is 0 Å². The van der Waals surface area contributed by atoms with Gasteiger partial charge in [-0.25, -0.2) is 4.79 Å². The summed E-state index contributed by atoms with van der Waals surface area (Å²) >= 11 is 0. The van der Waals surface area contributed by atoms with Crippen molar-refractivity contribution in [3.63, 3.8) is 0 Å². The van der Waals surface area contributed by atoms with E-state index in [-0.39, 0.29) is 17.4 Å². The molecule has 0 radical (unpaired) electrons. The molecule has 1 N–H and O–H groups in total. The quantitative estimate of drug-likeness (QED) is 0.649. The zero-order valence-electron chi connectivity index (χ0n) is 6.59. The summed E-state index contributed by atoms with van der Waals surface area (Å²) in [4.78, 5) is 10.5. The fraction of sp³-hybridized carbons (Fsp3) is 0.222. The Morgan fingerprint density at radius 2 is 1.58 bits per heavy atom. The molecule has 0 aromatic heterocycles. The van der Waals surface area contributed by atoms with Gasteiger partial charge in [0.2, 0.25) is 0 Å². The molecule has 3 heteroatoms. The second-order valence-corrected chi connectivity index (χ2v) is 2.68. The molecule has 12 heavy (non-hydrogen) atoms. The molecule has 0 aliphatic heterocycles. The molecule has 0 saturated heterocycles. The largest absolute Gasteiger partial charge is 0.478 e. The smallest absolute Gasteiger partial charge is 0.335 e. The van der Waals surface area contributed by atoms with Crippen LogP contribution < -0.4 is 0 Å². The molecule has 0 aliphatic carbocycles. The minimum Gasteiger partial charge on any atom is -0.478 e. The molecule has 2 nitrogen and oxygen atoms in total. The number of rotatable bonds is 1. The predicted octanol–water partition coefficient (Wildman–Crippen LogP) is 0.818. The van der Waals surface area contributed by atoms with Crippen LogP contribution in [0.1, 0.15) is 21.5 Å². The van der Waals surface area contributed by atoms with Crippen molar-refractivity contribution >= 4 is 23.3 Å². The number of aromatic carboxylic acids is 1. The first kappa shape index (κ1) is 11.2. The standard InChI is InChI=1S/C9H10O2.Al.3H/c1-6-3-7(2)5-8(4-6)9(10)11;;;;/h3-5H,1-2H3,(H,10,11);;;;. The van der Waals surface area contributed by atoms with E-state index in [9.17, 15) is 4.79 Å². The number of hydrogen-bond acceptors (Lipinski definition) is 1. The molecule has 64 valence electrons. The third kappa shape index (κ3) is 2.69. The summed E-state index contributed by atoms with van der Waals surface area (Å²) in [6, 6.07) is 5.27. The summed E-state index contributed by atoms with van der Waals surface area (Å²) in [5, 5.41) is 8.63. The van der Waals surface area contributed by atoms with E-state index < -0.39 is 5.97 Å². The zero-order chi connectivity index (χ0) is 8.43. The maximum absolute atomic E-state index is 10.5. The molecule has 0 heterocycles. The van der Waals surface area contributed by atoms with E-state index in [0.29, 0.717) is 5.56 Å². The molecule has 0 bridgehead atoms. The maximum atomic E-state index is 10.5. The van der Waals surface area contributed by atoms with E-state index in [0.717, 1.165) is 11.1 Å². The maximum Gasteiger partial charge on any atom is 0.335 e. The van der Waals surface area contributed by atoms with Crippen LogP contribution in [0.4, 0.5) is 0 Å². The average Bonchev–Trinajstić information content (AvgIpc) is 1.85. The Labute approximate surface area is 82.4 Å². The predicted molar refractivity (Wildman–Crippen MR) is 52.8 cm³/mol. The number of carbonyl (C=O) groups is 1. The number of carboxylic acids is 1. The van der Waals surface area contributed by atoms with E-state index >= 15 is 0 Å². The lowest BCUT2D eigenvalue weighted by atomic mass is 10.1. The SMILES string of the molecule is Cc1cc(C)cc(C(=O)O)c1.[AlH3]. The van der Waals surface area contributed by atoms with Gasteiger partial charge < -0.3 is 5.11 Å². The lowest BCUT2D eigenvalue weighted by Gasteiger charge is -1.98. The number of hydrogen-bond donors (Lipinski definition) is 1. The topological polar surface area (TPSA) is 37.3 Å². The molecule has 1 aromatic rings. The van der Waals surface area contributed by atoms with E-state index in [1.807, 2.05) is 19.9 Å². The normalized spacial score (nSPS) is 8.83. The zero-order valence-corrected chi connectivity index (χ0v) is 6.59. The summed E-state index contributed by atoms with van der Waals surface area (Å²) in [6.45, 7) is 3.78. The molecule has 0 amide bonds. The molecule has 1 aromatic carbocycles. The van der Waals surface area contributed by atoms with Gasteiger partial charge in [-0.15, -0.1) is 0 Å². The van der Waals surface area contributed by atoms with Crippen LogP contribution in [0.3, 0.4) is 0 Å². The van der Waals surface area contributed by atoms with Gasteiger partial charge in [0.25, 0.3) is 0 Å². The number of benzene rings is 1. The van der Waals surface area contributed by atoms with Crippen LogP contribution >= 0.6 is 0 Å². The lowest BCUT2D eigenvalue weighted by Crippen LogP contribution is -1.96. The number of carboxylic acid groups (broad SMARTS) is 1. The molecule has 0 fully saturated rings. The van der Waals surface area contributed by atoms with E-state index in [1.165, 1.54) is 0 Å². The first-order valence-corrected chi connectivity index (χ1v) is 3.41. The van der Waals surface area contributed by atoms with Crippen LogP contribution in [0.5, 0.6) is 0 Å². The lowest BCUT2D eigenvalue weighted by molar-refractivity contribution is 0.0696. The molecular weight excluding hydrogens is 167 g/mol. The van der Waals surface area contributed by atoms with Crippen LogP contribution in [0.15, 0.2) is 18.2 Å². The molecule has 0 saturated carbocycles. The van der Waals surface area contributed by atoms with Gasteiger partial charge in [0.05, 0.1) is 5.56 Å². The Bertz CT molecular complexity index is 274. The Morgan fingerprint density at radius 3 is 1.92 bits per heavy atom. The molecular formula is C9H13AlO2. The number of aryl methyl sites for hydroxylation is 2. The van der Waals surface area contributed by atoms with Gasteiger partial charge in [0.15, 0.2) is 17.4 Å². The Balaban J connectivity index is 0.00000121. The van der Waals surface area contributed by atoms with Crippen molar-refractivity contribution in [1.29, 1.82) is 0 Å². The van der Waals surface area contributed by atoms with Crippen LogP contribution in [0.25, 0.3) is 0 Å². The van der Waals surface area contributed by atoms with Gasteiger partial charge in [0.1, 0.15) is 0 Å². The molecule has 0 aliphatic rings. The summed E-state index contributed by atoms with van der Waals surface area (Å²) in [7, 11) is 0. The van der Waals surface area contributed by atoms with Gasteiger partial charge in [-0.05, 0) is 26.0 Å². The third-order valence-electron chi connectivity index (χ3n) is 1.47. The molecule has 1 rings (SSSR count). The van der Waals surface area contributed by atoms with Gasteiger partial charge in [0, 0.05) is 0 Å². The summed E-state index contributed by atoms with van der Waals surface area (Å²) in [6.07, 6.45) is 0. The Kier molecular flexibility index (Phi) is 4.02. The van der Waals surface area contributed by atoms with Gasteiger partial charge in [-0.3, -0.25) is 0 Å². The van der Waals surface area contributed by atoms with Crippen molar-refractivity contribution in [2.24, 2.45) is 0 Å². The summed E-state index contributed by atoms with van der Waals surface area (Å²) in [5.41, 5.74) is 2.34. The van der Waals surface area contributed by atoms with Crippen molar-refractivity contribution in [2.75, 3.05) is 0 Å². The fourth-order valence-corrected chi connectivity index (χ4v) is 1.10. The highest BCUT2D eigenvalue weighted by Crippen LogP contribution is 2.08. The van der Waals surface area contributed by atoms with Gasteiger partial charge in [-0.1, -0.05) is 17.2 Å². The van der Waals surface area contributed by atoms with Crippen molar-refractivity contribution in [3.8, 4) is 0 Å². The molecule has 0 spiro atoms. The molecule has 0 unspecified atom stereocenters. The van der Waals surface area contributed by atoms with Crippen LogP contribution in [0, 0.1) is 13.8 Å². The van der Waals surface area contributed by atoms with E-state index in [1.54, 1.807) is 12.1 Å². The van der Waals surface area contributed by atoms with Crippen molar-refractivity contribution in [3.05, 3.63) is 34.9 Å². The highest BCUT2D eigenvalue weighted by molar-refractivity contribution is 5.88. The van der Waals surface area contributed by atoms with Crippen LogP contribution in [0.2, 0.25) is 0 Å². The Hall–Kier alpha value is -0.778. The monoisotopic (exact) mass is 180 g/mol. The van der Waals surface area contributed by atoms with Crippen LogP contribution in [-0.4, -0.2) is 28.4 Å². The first-order valence-electron chi connectivity index (χ1n) is 3.41. The second-order valence-electron chi connectivity index (χ2n) is 2.68. The van der Waals surface area contributed by atoms with E-state index in [4.69, 9.17) is 5.11 Å². The molecule has 0 atom stereocenters. The average molecular weight is 180 g/mol. The fourth-order valence-electron chi connectivity index (χ4n) is 1.10. The summed E-state index contributed by atoms with van der Waals surface area (Å²) in [5.74, 6) is -0.864.